The van der Waals surface area contributed by atoms with Gasteiger partial charge < -0.3 is 19.8 Å². The van der Waals surface area contributed by atoms with Crippen LogP contribution in [0.2, 0.25) is 0 Å². The first kappa shape index (κ1) is 20.0. The minimum atomic E-state index is -3.52. The molecule has 2 aliphatic rings. The van der Waals surface area contributed by atoms with Crippen molar-refractivity contribution in [2.75, 3.05) is 24.6 Å². The number of carboxylic acid groups (broad SMARTS) is 1. The van der Waals surface area contributed by atoms with Crippen molar-refractivity contribution in [3.8, 4) is 0 Å². The number of aliphatic hydroxyl groups is 1. The quantitative estimate of drug-likeness (QED) is 0.737. The van der Waals surface area contributed by atoms with Crippen molar-refractivity contribution in [3.05, 3.63) is 0 Å². The fourth-order valence-corrected chi connectivity index (χ4v) is 5.73. The van der Waals surface area contributed by atoms with Gasteiger partial charge in [0, 0.05) is 13.1 Å². The van der Waals surface area contributed by atoms with E-state index in [2.05, 4.69) is 0 Å². The number of nitrogens with zero attached hydrogens (tertiary/aromatic N) is 1. The molecule has 144 valence electrons. The predicted molar refractivity (Wildman–Crippen MR) is 89.9 cm³/mol. The van der Waals surface area contributed by atoms with Crippen molar-refractivity contribution >= 4 is 21.9 Å². The number of carbonyl (C=O) groups is 2. The Bertz CT molecular complexity index is 644. The van der Waals surface area contributed by atoms with E-state index in [0.29, 0.717) is 0 Å². The Morgan fingerprint density at radius 2 is 1.68 bits per heavy atom. The van der Waals surface area contributed by atoms with E-state index in [9.17, 15) is 28.2 Å². The zero-order valence-electron chi connectivity index (χ0n) is 14.9. The van der Waals surface area contributed by atoms with Gasteiger partial charge in [-0.15, -0.1) is 0 Å². The van der Waals surface area contributed by atoms with Gasteiger partial charge in [0.25, 0.3) is 0 Å². The first-order valence-corrected chi connectivity index (χ1v) is 10.3. The Labute approximate surface area is 148 Å². The summed E-state index contributed by atoms with van der Waals surface area (Å²) in [4.78, 5) is 25.5. The first-order valence-electron chi connectivity index (χ1n) is 8.44. The summed E-state index contributed by atoms with van der Waals surface area (Å²) >= 11 is 0. The number of carbonyl (C=O) groups excluding carboxylic acids is 1. The molecule has 0 spiro atoms. The molecule has 1 amide bonds. The summed E-state index contributed by atoms with van der Waals surface area (Å²) in [5.41, 5.74) is -4.03. The zero-order valence-corrected chi connectivity index (χ0v) is 15.8. The van der Waals surface area contributed by atoms with Gasteiger partial charge in [0.1, 0.15) is 11.0 Å². The molecule has 8 nitrogen and oxygen atoms in total. The van der Waals surface area contributed by atoms with Crippen LogP contribution in [-0.2, 0) is 19.4 Å². The Kier molecular flexibility index (Phi) is 5.13. The van der Waals surface area contributed by atoms with Crippen LogP contribution < -0.4 is 0 Å². The molecule has 25 heavy (non-hydrogen) atoms. The van der Waals surface area contributed by atoms with Crippen molar-refractivity contribution in [1.29, 1.82) is 0 Å². The van der Waals surface area contributed by atoms with Crippen LogP contribution in [0.4, 0.5) is 4.79 Å². The molecular formula is C16H27NO7S. The third-order valence-corrected chi connectivity index (χ3v) is 6.91. The minimum absolute atomic E-state index is 0.00800. The standard InChI is InChI=1S/C16H27NO7S/c1-14(2,3)24-13(20)17-8-6-16(21,7-9-17)15(12(18)19)5-4-10-25(22,23)11-15/h21H,4-11H2,1-3H3,(H,18,19). The summed E-state index contributed by atoms with van der Waals surface area (Å²) in [5.74, 6) is -1.90. The molecule has 0 bridgehead atoms. The summed E-state index contributed by atoms with van der Waals surface area (Å²) in [5, 5.41) is 20.8. The minimum Gasteiger partial charge on any atom is -0.481 e. The van der Waals surface area contributed by atoms with Crippen LogP contribution in [-0.4, -0.2) is 71.4 Å². The summed E-state index contributed by atoms with van der Waals surface area (Å²) < 4.78 is 29.3. The molecule has 9 heteroatoms. The van der Waals surface area contributed by atoms with Crippen molar-refractivity contribution in [3.63, 3.8) is 0 Å². The average Bonchev–Trinajstić information content (AvgIpc) is 2.44. The normalized spacial score (nSPS) is 29.0. The molecule has 2 aliphatic heterocycles. The zero-order chi connectivity index (χ0) is 19.1. The molecule has 2 saturated heterocycles. The highest BCUT2D eigenvalue weighted by molar-refractivity contribution is 7.91. The summed E-state index contributed by atoms with van der Waals surface area (Å²) in [6.45, 7) is 5.49. The number of likely N-dealkylation sites (tertiary alicyclic amines) is 1. The molecule has 0 saturated carbocycles. The lowest BCUT2D eigenvalue weighted by atomic mass is 9.65. The molecule has 0 aromatic heterocycles. The molecular weight excluding hydrogens is 350 g/mol. The van der Waals surface area contributed by atoms with Gasteiger partial charge in [0.2, 0.25) is 0 Å². The highest BCUT2D eigenvalue weighted by Gasteiger charge is 2.60. The summed E-state index contributed by atoms with van der Waals surface area (Å²) in [6.07, 6.45) is -0.172. The lowest BCUT2D eigenvalue weighted by molar-refractivity contribution is -0.175. The van der Waals surface area contributed by atoms with Gasteiger partial charge in [-0.3, -0.25) is 4.79 Å². The van der Waals surface area contributed by atoms with E-state index in [1.54, 1.807) is 20.8 Å². The molecule has 0 aromatic rings. The SMILES string of the molecule is CC(C)(C)OC(=O)N1CCC(O)(C2(C(=O)O)CCCS(=O)(=O)C2)CC1. The van der Waals surface area contributed by atoms with Crippen LogP contribution in [0.1, 0.15) is 46.5 Å². The largest absolute Gasteiger partial charge is 0.481 e. The maximum absolute atomic E-state index is 12.1. The van der Waals surface area contributed by atoms with Gasteiger partial charge in [-0.2, -0.15) is 0 Å². The number of rotatable bonds is 2. The predicted octanol–water partition coefficient (Wildman–Crippen LogP) is 1.03. The third-order valence-electron chi connectivity index (χ3n) is 5.07. The van der Waals surface area contributed by atoms with Gasteiger partial charge in [-0.25, -0.2) is 13.2 Å². The van der Waals surface area contributed by atoms with E-state index in [-0.39, 0.29) is 44.5 Å². The lowest BCUT2D eigenvalue weighted by Crippen LogP contribution is -2.63. The Morgan fingerprint density at radius 3 is 2.12 bits per heavy atom. The highest BCUT2D eigenvalue weighted by atomic mass is 32.2. The second-order valence-electron chi connectivity index (χ2n) is 8.08. The van der Waals surface area contributed by atoms with Crippen LogP contribution in [0.5, 0.6) is 0 Å². The van der Waals surface area contributed by atoms with E-state index in [1.807, 2.05) is 0 Å². The maximum atomic E-state index is 12.1. The maximum Gasteiger partial charge on any atom is 0.410 e. The van der Waals surface area contributed by atoms with Crippen molar-refractivity contribution < 1.29 is 33.0 Å². The van der Waals surface area contributed by atoms with Gasteiger partial charge in [0.05, 0.1) is 17.1 Å². The summed E-state index contributed by atoms with van der Waals surface area (Å²) in [6, 6.07) is 0. The molecule has 2 rings (SSSR count). The fraction of sp³-hybridized carbons (Fsp3) is 0.875. The van der Waals surface area contributed by atoms with Crippen LogP contribution >= 0.6 is 0 Å². The number of hydrogen-bond acceptors (Lipinski definition) is 6. The second kappa shape index (κ2) is 6.42. The van der Waals surface area contributed by atoms with Gasteiger partial charge in [-0.05, 0) is 46.5 Å². The second-order valence-corrected chi connectivity index (χ2v) is 10.3. The molecule has 0 aromatic carbocycles. The monoisotopic (exact) mass is 377 g/mol. The Hall–Kier alpha value is -1.35. The van der Waals surface area contributed by atoms with Crippen molar-refractivity contribution in [2.45, 2.75) is 57.7 Å². The number of ether oxygens (including phenoxy) is 1. The summed E-state index contributed by atoms with van der Waals surface area (Å²) in [7, 11) is -3.52. The van der Waals surface area contributed by atoms with E-state index in [4.69, 9.17) is 4.74 Å². The number of sulfone groups is 1. The van der Waals surface area contributed by atoms with E-state index < -0.39 is 44.3 Å². The Morgan fingerprint density at radius 1 is 1.12 bits per heavy atom. The van der Waals surface area contributed by atoms with Crippen molar-refractivity contribution in [1.82, 2.24) is 4.90 Å². The number of carboxylic acids is 1. The fourth-order valence-electron chi connectivity index (χ4n) is 3.71. The molecule has 2 fully saturated rings. The first-order chi connectivity index (χ1) is 11.3. The molecule has 1 atom stereocenters. The van der Waals surface area contributed by atoms with Crippen LogP contribution in [0.25, 0.3) is 0 Å². The van der Waals surface area contributed by atoms with Crippen LogP contribution in [0, 0.1) is 5.41 Å². The lowest BCUT2D eigenvalue weighted by Gasteiger charge is -2.49. The number of piperidine rings is 1. The molecule has 0 aliphatic carbocycles. The third kappa shape index (κ3) is 4.08. The van der Waals surface area contributed by atoms with Gasteiger partial charge in [-0.1, -0.05) is 0 Å². The van der Waals surface area contributed by atoms with Crippen LogP contribution in [0.3, 0.4) is 0 Å². The highest BCUT2D eigenvalue weighted by Crippen LogP contribution is 2.46. The van der Waals surface area contributed by atoms with E-state index >= 15 is 0 Å². The molecule has 2 N–H and O–H groups in total. The Balaban J connectivity index is 2.17. The van der Waals surface area contributed by atoms with E-state index in [0.717, 1.165) is 0 Å². The van der Waals surface area contributed by atoms with Crippen molar-refractivity contribution in [2.24, 2.45) is 5.41 Å². The molecule has 2 heterocycles. The number of aliphatic carboxylic acids is 1. The smallest absolute Gasteiger partial charge is 0.410 e. The topological polar surface area (TPSA) is 121 Å². The number of hydrogen-bond donors (Lipinski definition) is 2. The average molecular weight is 377 g/mol. The van der Waals surface area contributed by atoms with Gasteiger partial charge >= 0.3 is 12.1 Å². The van der Waals surface area contributed by atoms with Gasteiger partial charge in [0.15, 0.2) is 9.84 Å². The molecule has 1 unspecified atom stereocenters. The number of amides is 1. The van der Waals surface area contributed by atoms with E-state index in [1.165, 1.54) is 4.90 Å². The van der Waals surface area contributed by atoms with Crippen LogP contribution in [0.15, 0.2) is 0 Å². The molecule has 0 radical (unpaired) electrons.